The fraction of sp³-hybridized carbons (Fsp3) is 1.00. The number of nitrogens with two attached hydrogens (primary N) is 1. The maximum atomic E-state index is 10.0. The lowest BCUT2D eigenvalue weighted by molar-refractivity contribution is 0.00543. The van der Waals surface area contributed by atoms with E-state index in [4.69, 9.17) is 10.5 Å². The van der Waals surface area contributed by atoms with E-state index in [1.807, 2.05) is 6.92 Å². The van der Waals surface area contributed by atoms with Crippen molar-refractivity contribution in [3.63, 3.8) is 0 Å². The molecule has 1 rings (SSSR count). The van der Waals surface area contributed by atoms with E-state index < -0.39 is 5.60 Å². The molecule has 3 heteroatoms. The van der Waals surface area contributed by atoms with Gasteiger partial charge in [-0.15, -0.1) is 0 Å². The third-order valence-electron chi connectivity index (χ3n) is 3.98. The Hall–Kier alpha value is -0.120. The smallest absolute Gasteiger partial charge is 0.0767 e. The van der Waals surface area contributed by atoms with Crippen LogP contribution in [0.15, 0.2) is 0 Å². The van der Waals surface area contributed by atoms with Crippen molar-refractivity contribution in [2.75, 3.05) is 13.2 Å². The van der Waals surface area contributed by atoms with Crippen LogP contribution in [0, 0.1) is 0 Å². The van der Waals surface area contributed by atoms with Crippen LogP contribution in [0.25, 0.3) is 0 Å². The Labute approximate surface area is 106 Å². The van der Waals surface area contributed by atoms with Crippen LogP contribution in [0.3, 0.4) is 0 Å². The minimum absolute atomic E-state index is 0.354. The lowest BCUT2D eigenvalue weighted by atomic mass is 9.95. The summed E-state index contributed by atoms with van der Waals surface area (Å²) in [7, 11) is 0. The molecule has 1 atom stereocenters. The summed E-state index contributed by atoms with van der Waals surface area (Å²) >= 11 is 0. The van der Waals surface area contributed by atoms with Crippen molar-refractivity contribution in [3.8, 4) is 0 Å². The van der Waals surface area contributed by atoms with Crippen LogP contribution in [0.5, 0.6) is 0 Å². The zero-order chi connectivity index (χ0) is 12.6. The Morgan fingerprint density at radius 1 is 1.24 bits per heavy atom. The molecular weight excluding hydrogens is 214 g/mol. The zero-order valence-electron chi connectivity index (χ0n) is 11.3. The van der Waals surface area contributed by atoms with Crippen molar-refractivity contribution >= 4 is 0 Å². The third-order valence-corrected chi connectivity index (χ3v) is 3.98. The first-order chi connectivity index (χ1) is 8.20. The van der Waals surface area contributed by atoms with Gasteiger partial charge in [0.1, 0.15) is 0 Å². The maximum Gasteiger partial charge on any atom is 0.0767 e. The molecule has 1 fully saturated rings. The van der Waals surface area contributed by atoms with Gasteiger partial charge in [0.15, 0.2) is 0 Å². The van der Waals surface area contributed by atoms with Gasteiger partial charge in [0.05, 0.1) is 11.7 Å². The van der Waals surface area contributed by atoms with E-state index in [2.05, 4.69) is 0 Å². The fourth-order valence-electron chi connectivity index (χ4n) is 2.48. The van der Waals surface area contributed by atoms with Gasteiger partial charge in [0, 0.05) is 13.2 Å². The molecule has 1 aliphatic rings. The molecule has 102 valence electrons. The van der Waals surface area contributed by atoms with Crippen molar-refractivity contribution in [1.82, 2.24) is 0 Å². The second kappa shape index (κ2) is 8.06. The highest BCUT2D eigenvalue weighted by atomic mass is 16.5. The van der Waals surface area contributed by atoms with Crippen LogP contribution in [0.1, 0.15) is 64.7 Å². The van der Waals surface area contributed by atoms with Crippen molar-refractivity contribution in [1.29, 1.82) is 0 Å². The van der Waals surface area contributed by atoms with Crippen LogP contribution in [0.4, 0.5) is 0 Å². The number of hydrogen-bond acceptors (Lipinski definition) is 3. The van der Waals surface area contributed by atoms with Gasteiger partial charge >= 0.3 is 0 Å². The van der Waals surface area contributed by atoms with Crippen LogP contribution in [0.2, 0.25) is 0 Å². The van der Waals surface area contributed by atoms with E-state index in [0.717, 1.165) is 25.9 Å². The largest absolute Gasteiger partial charge is 0.389 e. The first-order valence-electron chi connectivity index (χ1n) is 7.24. The molecule has 1 aliphatic carbocycles. The average Bonchev–Trinajstić information content (AvgIpc) is 2.63. The molecule has 17 heavy (non-hydrogen) atoms. The molecule has 0 bridgehead atoms. The molecule has 1 saturated carbocycles. The highest BCUT2D eigenvalue weighted by Crippen LogP contribution is 2.21. The Balaban J connectivity index is 2.10. The molecule has 0 radical (unpaired) electrons. The lowest BCUT2D eigenvalue weighted by Crippen LogP contribution is -2.37. The van der Waals surface area contributed by atoms with Crippen molar-refractivity contribution < 1.29 is 9.84 Å². The zero-order valence-corrected chi connectivity index (χ0v) is 11.3. The van der Waals surface area contributed by atoms with Gasteiger partial charge in [-0.1, -0.05) is 32.6 Å². The summed E-state index contributed by atoms with van der Waals surface area (Å²) < 4.78 is 5.90. The van der Waals surface area contributed by atoms with Crippen molar-refractivity contribution in [2.24, 2.45) is 5.73 Å². The molecule has 3 nitrogen and oxygen atoms in total. The van der Waals surface area contributed by atoms with Gasteiger partial charge in [0.2, 0.25) is 0 Å². The summed E-state index contributed by atoms with van der Waals surface area (Å²) in [5.74, 6) is 0. The maximum absolute atomic E-state index is 10.0. The summed E-state index contributed by atoms with van der Waals surface area (Å²) in [5.41, 5.74) is 4.90. The van der Waals surface area contributed by atoms with Gasteiger partial charge in [-0.25, -0.2) is 0 Å². The lowest BCUT2D eigenvalue weighted by Gasteiger charge is -2.25. The van der Waals surface area contributed by atoms with E-state index in [0.29, 0.717) is 12.6 Å². The minimum Gasteiger partial charge on any atom is -0.389 e. The van der Waals surface area contributed by atoms with Crippen LogP contribution in [-0.2, 0) is 4.74 Å². The van der Waals surface area contributed by atoms with E-state index in [-0.39, 0.29) is 0 Å². The van der Waals surface area contributed by atoms with Gasteiger partial charge in [-0.3, -0.25) is 0 Å². The molecular formula is C14H29NO2. The summed E-state index contributed by atoms with van der Waals surface area (Å²) in [6.07, 6.45) is 10.6. The summed E-state index contributed by atoms with van der Waals surface area (Å²) in [4.78, 5) is 0. The molecule has 0 aromatic carbocycles. The van der Waals surface area contributed by atoms with E-state index in [9.17, 15) is 5.11 Å². The Morgan fingerprint density at radius 2 is 1.88 bits per heavy atom. The Morgan fingerprint density at radius 3 is 2.41 bits per heavy atom. The van der Waals surface area contributed by atoms with Crippen LogP contribution in [-0.4, -0.2) is 30.0 Å². The molecule has 0 saturated heterocycles. The molecule has 1 unspecified atom stereocenters. The Bertz CT molecular complexity index is 185. The normalized spacial score (nSPS) is 22.1. The van der Waals surface area contributed by atoms with Crippen molar-refractivity contribution in [2.45, 2.75) is 76.4 Å². The quantitative estimate of drug-likeness (QED) is 0.534. The summed E-state index contributed by atoms with van der Waals surface area (Å²) in [6.45, 7) is 3.11. The van der Waals surface area contributed by atoms with Gasteiger partial charge in [-0.05, 0) is 32.1 Å². The fourth-order valence-corrected chi connectivity index (χ4v) is 2.48. The standard InChI is InChI=1S/C14H29NO2/c1-2-14(16,12-15)10-7-11-17-13-8-5-3-4-6-9-13/h13,16H,2-12,15H2,1H3. The van der Waals surface area contributed by atoms with Crippen molar-refractivity contribution in [3.05, 3.63) is 0 Å². The van der Waals surface area contributed by atoms with E-state index >= 15 is 0 Å². The molecule has 0 spiro atoms. The number of aliphatic hydroxyl groups is 1. The third kappa shape index (κ3) is 5.84. The second-order valence-electron chi connectivity index (χ2n) is 5.37. The Kier molecular flexibility index (Phi) is 7.09. The number of ether oxygens (including phenoxy) is 1. The van der Waals surface area contributed by atoms with Gasteiger partial charge in [0.25, 0.3) is 0 Å². The number of hydrogen-bond donors (Lipinski definition) is 2. The monoisotopic (exact) mass is 243 g/mol. The van der Waals surface area contributed by atoms with Gasteiger partial charge in [-0.2, -0.15) is 0 Å². The predicted molar refractivity (Wildman–Crippen MR) is 71.0 cm³/mol. The number of rotatable bonds is 7. The molecule has 0 aliphatic heterocycles. The first-order valence-corrected chi connectivity index (χ1v) is 7.24. The molecule has 0 aromatic heterocycles. The van der Waals surface area contributed by atoms with Gasteiger partial charge < -0.3 is 15.6 Å². The highest BCUT2D eigenvalue weighted by molar-refractivity contribution is 4.77. The minimum atomic E-state index is -0.674. The van der Waals surface area contributed by atoms with Crippen LogP contribution < -0.4 is 5.73 Å². The summed E-state index contributed by atoms with van der Waals surface area (Å²) in [5, 5.41) is 10.0. The van der Waals surface area contributed by atoms with Crippen LogP contribution >= 0.6 is 0 Å². The molecule has 3 N–H and O–H groups in total. The SMILES string of the molecule is CCC(O)(CN)CCCOC1CCCCCC1. The average molecular weight is 243 g/mol. The first kappa shape index (κ1) is 14.9. The second-order valence-corrected chi connectivity index (χ2v) is 5.37. The topological polar surface area (TPSA) is 55.5 Å². The predicted octanol–water partition coefficient (Wildman–Crippen LogP) is 2.61. The molecule has 0 aromatic rings. The highest BCUT2D eigenvalue weighted by Gasteiger charge is 2.22. The molecule has 0 heterocycles. The summed E-state index contributed by atoms with van der Waals surface area (Å²) in [6, 6.07) is 0. The van der Waals surface area contributed by atoms with E-state index in [1.54, 1.807) is 0 Å². The molecule has 0 amide bonds. The van der Waals surface area contributed by atoms with E-state index in [1.165, 1.54) is 38.5 Å².